The first-order valence-electron chi connectivity index (χ1n) is 3.67. The molecule has 0 saturated heterocycles. The summed E-state index contributed by atoms with van der Waals surface area (Å²) in [7, 11) is 0. The number of rotatable bonds is 0. The van der Waals surface area contributed by atoms with E-state index in [1.54, 1.807) is 0 Å². The summed E-state index contributed by atoms with van der Waals surface area (Å²) >= 11 is 1.88. The molecule has 1 heteroatoms. The molecular formula is C10H8S. The quantitative estimate of drug-likeness (QED) is 0.525. The fourth-order valence-electron chi connectivity index (χ4n) is 1.07. The van der Waals surface area contributed by atoms with E-state index in [1.165, 1.54) is 10.5 Å². The minimum Gasteiger partial charge on any atom is -0.124 e. The van der Waals surface area contributed by atoms with E-state index in [0.717, 1.165) is 12.2 Å². The first-order valence-corrected chi connectivity index (χ1v) is 4.66. The molecule has 0 fully saturated rings. The molecule has 0 nitrogen and oxygen atoms in total. The summed E-state index contributed by atoms with van der Waals surface area (Å²) in [6.45, 7) is 0. The van der Waals surface area contributed by atoms with E-state index in [4.69, 9.17) is 0 Å². The smallest absolute Gasteiger partial charge is 0.0381 e. The minimum absolute atomic E-state index is 1.01. The van der Waals surface area contributed by atoms with Gasteiger partial charge in [-0.05, 0) is 12.1 Å². The molecule has 0 unspecified atom stereocenters. The van der Waals surface area contributed by atoms with Gasteiger partial charge in [-0.15, -0.1) is 11.8 Å². The summed E-state index contributed by atoms with van der Waals surface area (Å²) in [6, 6.07) is 8.33. The number of thioether (sulfide) groups is 1. The highest BCUT2D eigenvalue weighted by Gasteiger charge is 2.00. The van der Waals surface area contributed by atoms with Crippen molar-refractivity contribution in [3.8, 4) is 11.8 Å². The van der Waals surface area contributed by atoms with Crippen LogP contribution in [-0.4, -0.2) is 5.75 Å². The van der Waals surface area contributed by atoms with Crippen LogP contribution in [0.15, 0.2) is 29.2 Å². The summed E-state index contributed by atoms with van der Waals surface area (Å²) in [4.78, 5) is 1.33. The molecule has 0 amide bonds. The van der Waals surface area contributed by atoms with Gasteiger partial charge in [-0.25, -0.2) is 0 Å². The standard InChI is InChI=1S/C10H8S/c1-2-7-10-9(5-1)6-3-4-8-11-10/h1-2,5,7H,4,8H2. The zero-order valence-electron chi connectivity index (χ0n) is 6.13. The molecule has 1 aliphatic heterocycles. The maximum Gasteiger partial charge on any atom is 0.0381 e. The lowest BCUT2D eigenvalue weighted by Crippen LogP contribution is -1.77. The topological polar surface area (TPSA) is 0 Å². The van der Waals surface area contributed by atoms with Crippen molar-refractivity contribution in [2.45, 2.75) is 11.3 Å². The molecule has 0 N–H and O–H groups in total. The number of fused-ring (bicyclic) bond motifs is 1. The highest BCUT2D eigenvalue weighted by molar-refractivity contribution is 7.99. The summed E-state index contributed by atoms with van der Waals surface area (Å²) < 4.78 is 0. The highest BCUT2D eigenvalue weighted by Crippen LogP contribution is 2.23. The van der Waals surface area contributed by atoms with Gasteiger partial charge in [0.25, 0.3) is 0 Å². The van der Waals surface area contributed by atoms with Gasteiger partial charge in [-0.1, -0.05) is 24.0 Å². The Bertz CT molecular complexity index is 317. The Balaban J connectivity index is 2.49. The van der Waals surface area contributed by atoms with Crippen LogP contribution in [0.25, 0.3) is 0 Å². The Morgan fingerprint density at radius 3 is 3.18 bits per heavy atom. The van der Waals surface area contributed by atoms with Crippen molar-refractivity contribution in [3.05, 3.63) is 29.8 Å². The maximum absolute atomic E-state index is 3.15. The maximum atomic E-state index is 3.15. The van der Waals surface area contributed by atoms with Crippen LogP contribution in [0.2, 0.25) is 0 Å². The molecule has 11 heavy (non-hydrogen) atoms. The molecule has 1 aromatic rings. The lowest BCUT2D eigenvalue weighted by Gasteiger charge is -1.98. The van der Waals surface area contributed by atoms with Gasteiger partial charge in [0.2, 0.25) is 0 Å². The van der Waals surface area contributed by atoms with Crippen molar-refractivity contribution in [2.75, 3.05) is 5.75 Å². The third kappa shape index (κ3) is 1.41. The van der Waals surface area contributed by atoms with Crippen LogP contribution < -0.4 is 0 Å². The normalized spacial score (nSPS) is 14.2. The van der Waals surface area contributed by atoms with Gasteiger partial charge in [-0.3, -0.25) is 0 Å². The zero-order valence-corrected chi connectivity index (χ0v) is 6.95. The van der Waals surface area contributed by atoms with E-state index in [0.29, 0.717) is 0 Å². The van der Waals surface area contributed by atoms with Crippen LogP contribution >= 0.6 is 11.8 Å². The second kappa shape index (κ2) is 3.02. The Morgan fingerprint density at radius 2 is 2.18 bits per heavy atom. The number of hydrogen-bond donors (Lipinski definition) is 0. The third-order valence-corrected chi connectivity index (χ3v) is 2.67. The zero-order chi connectivity index (χ0) is 7.52. The average molecular weight is 160 g/mol. The lowest BCUT2D eigenvalue weighted by molar-refractivity contribution is 1.30. The Hall–Kier alpha value is -0.870. The Morgan fingerprint density at radius 1 is 1.27 bits per heavy atom. The van der Waals surface area contributed by atoms with E-state index in [1.807, 2.05) is 17.8 Å². The van der Waals surface area contributed by atoms with E-state index >= 15 is 0 Å². The van der Waals surface area contributed by atoms with Gasteiger partial charge < -0.3 is 0 Å². The monoisotopic (exact) mass is 160 g/mol. The second-order valence-electron chi connectivity index (χ2n) is 2.40. The largest absolute Gasteiger partial charge is 0.124 e. The predicted octanol–water partition coefficient (Wildman–Crippen LogP) is 2.53. The molecule has 1 aromatic carbocycles. The number of hydrogen-bond acceptors (Lipinski definition) is 1. The first kappa shape index (κ1) is 6.82. The molecule has 0 spiro atoms. The van der Waals surface area contributed by atoms with E-state index < -0.39 is 0 Å². The molecule has 54 valence electrons. The highest BCUT2D eigenvalue weighted by atomic mass is 32.2. The van der Waals surface area contributed by atoms with Gasteiger partial charge in [-0.2, -0.15) is 0 Å². The molecule has 0 radical (unpaired) electrons. The summed E-state index contributed by atoms with van der Waals surface area (Å²) in [5, 5.41) is 0. The SMILES string of the molecule is C1#Cc2ccccc2SCC1. The van der Waals surface area contributed by atoms with Gasteiger partial charge in [0.1, 0.15) is 0 Å². The summed E-state index contributed by atoms with van der Waals surface area (Å²) in [5.74, 6) is 7.42. The molecule has 0 saturated carbocycles. The molecule has 0 atom stereocenters. The van der Waals surface area contributed by atoms with Crippen LogP contribution in [0.5, 0.6) is 0 Å². The van der Waals surface area contributed by atoms with Crippen molar-refractivity contribution in [2.24, 2.45) is 0 Å². The second-order valence-corrected chi connectivity index (χ2v) is 3.53. The fourth-order valence-corrected chi connectivity index (χ4v) is 1.94. The lowest BCUT2D eigenvalue weighted by atomic mass is 10.2. The molecule has 0 aliphatic carbocycles. The van der Waals surface area contributed by atoms with Crippen LogP contribution in [-0.2, 0) is 0 Å². The van der Waals surface area contributed by atoms with Gasteiger partial charge in [0.05, 0.1) is 0 Å². The minimum atomic E-state index is 1.01. The fraction of sp³-hybridized carbons (Fsp3) is 0.200. The molecular weight excluding hydrogens is 152 g/mol. The number of benzene rings is 1. The molecule has 1 heterocycles. The van der Waals surface area contributed by atoms with Crippen molar-refractivity contribution < 1.29 is 0 Å². The molecule has 1 aliphatic rings. The Kier molecular flexibility index (Phi) is 1.87. The predicted molar refractivity (Wildman–Crippen MR) is 48.7 cm³/mol. The van der Waals surface area contributed by atoms with Crippen molar-refractivity contribution in [1.82, 2.24) is 0 Å². The van der Waals surface area contributed by atoms with E-state index in [9.17, 15) is 0 Å². The van der Waals surface area contributed by atoms with Crippen molar-refractivity contribution in [1.29, 1.82) is 0 Å². The average Bonchev–Trinajstić information content (AvgIpc) is 2.28. The molecule has 0 bridgehead atoms. The third-order valence-electron chi connectivity index (χ3n) is 1.59. The Labute approximate surface area is 71.0 Å². The van der Waals surface area contributed by atoms with Crippen LogP contribution in [0, 0.1) is 11.8 Å². The molecule has 0 aromatic heterocycles. The van der Waals surface area contributed by atoms with Crippen LogP contribution in [0.3, 0.4) is 0 Å². The van der Waals surface area contributed by atoms with Gasteiger partial charge in [0.15, 0.2) is 0 Å². The van der Waals surface area contributed by atoms with Gasteiger partial charge in [0, 0.05) is 22.6 Å². The van der Waals surface area contributed by atoms with Crippen molar-refractivity contribution >= 4 is 11.8 Å². The van der Waals surface area contributed by atoms with Crippen LogP contribution in [0.4, 0.5) is 0 Å². The van der Waals surface area contributed by atoms with Crippen LogP contribution in [0.1, 0.15) is 12.0 Å². The molecule has 2 rings (SSSR count). The summed E-state index contributed by atoms with van der Waals surface area (Å²) in [6.07, 6.45) is 1.01. The summed E-state index contributed by atoms with van der Waals surface area (Å²) in [5.41, 5.74) is 1.19. The van der Waals surface area contributed by atoms with E-state index in [-0.39, 0.29) is 0 Å². The van der Waals surface area contributed by atoms with Gasteiger partial charge >= 0.3 is 0 Å². The van der Waals surface area contributed by atoms with Crippen molar-refractivity contribution in [3.63, 3.8) is 0 Å². The first-order chi connectivity index (χ1) is 5.47. The van der Waals surface area contributed by atoms with E-state index in [2.05, 4.69) is 30.0 Å².